The summed E-state index contributed by atoms with van der Waals surface area (Å²) in [5, 5.41) is 0. The zero-order valence-electron chi connectivity index (χ0n) is 10.8. The molecule has 2 aliphatic heterocycles. The second-order valence-electron chi connectivity index (χ2n) is 4.77. The molecule has 0 N–H and O–H groups in total. The summed E-state index contributed by atoms with van der Waals surface area (Å²) in [5.41, 5.74) is 6.48. The maximum absolute atomic E-state index is 4.57. The summed E-state index contributed by atoms with van der Waals surface area (Å²) in [7, 11) is 0. The van der Waals surface area contributed by atoms with Gasteiger partial charge in [-0.25, -0.2) is 0 Å². The molecule has 2 aromatic rings. The third-order valence-corrected chi connectivity index (χ3v) is 3.55. The topological polar surface area (TPSA) is 24.7 Å². The van der Waals surface area contributed by atoms with Crippen LogP contribution in [-0.4, -0.2) is 12.4 Å². The first-order chi connectivity index (χ1) is 9.93. The van der Waals surface area contributed by atoms with E-state index in [9.17, 15) is 0 Å². The molecule has 0 spiro atoms. The van der Waals surface area contributed by atoms with Crippen LogP contribution in [0.2, 0.25) is 0 Å². The molecule has 0 aromatic heterocycles. The average molecular weight is 256 g/mol. The van der Waals surface area contributed by atoms with Crippen LogP contribution in [0.25, 0.3) is 11.1 Å². The predicted molar refractivity (Wildman–Crippen MR) is 83.7 cm³/mol. The molecule has 0 saturated carbocycles. The van der Waals surface area contributed by atoms with Crippen molar-refractivity contribution >= 4 is 23.6 Å². The first-order valence-electron chi connectivity index (χ1n) is 6.61. The number of rotatable bonds is 2. The lowest BCUT2D eigenvalue weighted by atomic mass is 10.0. The average Bonchev–Trinajstić information content (AvgIpc) is 3.10. The largest absolute Gasteiger partial charge is 0.253 e. The van der Waals surface area contributed by atoms with Crippen LogP contribution in [0.3, 0.4) is 0 Å². The second-order valence-corrected chi connectivity index (χ2v) is 4.77. The van der Waals surface area contributed by atoms with Gasteiger partial charge in [-0.1, -0.05) is 60.7 Å². The van der Waals surface area contributed by atoms with Crippen molar-refractivity contribution in [3.63, 3.8) is 0 Å². The molecule has 0 aliphatic carbocycles. The molecule has 20 heavy (non-hydrogen) atoms. The quantitative estimate of drug-likeness (QED) is 0.776. The van der Waals surface area contributed by atoms with E-state index in [-0.39, 0.29) is 0 Å². The Morgan fingerprint density at radius 2 is 0.900 bits per heavy atom. The Kier molecular flexibility index (Phi) is 2.46. The fraction of sp³-hybridized carbons (Fsp3) is 0. The SMILES string of the molecule is C1=NC2=C(c3ccccc3)C=NC2=C1c1ccccc1. The molecular formula is C18H12N2. The van der Waals surface area contributed by atoms with Gasteiger partial charge in [0.05, 0.1) is 11.4 Å². The highest BCUT2D eigenvalue weighted by atomic mass is 14.9. The Bertz CT molecular complexity index is 709. The fourth-order valence-corrected chi connectivity index (χ4v) is 2.55. The first-order valence-corrected chi connectivity index (χ1v) is 6.61. The summed E-state index contributed by atoms with van der Waals surface area (Å²) in [6.45, 7) is 0. The van der Waals surface area contributed by atoms with E-state index in [0.29, 0.717) is 0 Å². The van der Waals surface area contributed by atoms with E-state index in [0.717, 1.165) is 33.7 Å². The van der Waals surface area contributed by atoms with E-state index in [4.69, 9.17) is 0 Å². The van der Waals surface area contributed by atoms with Crippen LogP contribution in [0.1, 0.15) is 11.1 Å². The van der Waals surface area contributed by atoms with Crippen molar-refractivity contribution in [3.8, 4) is 0 Å². The number of benzene rings is 2. The van der Waals surface area contributed by atoms with Crippen LogP contribution in [0.4, 0.5) is 0 Å². The van der Waals surface area contributed by atoms with Crippen LogP contribution in [0, 0.1) is 0 Å². The van der Waals surface area contributed by atoms with Crippen LogP contribution in [-0.2, 0) is 0 Å². The third-order valence-electron chi connectivity index (χ3n) is 3.55. The highest BCUT2D eigenvalue weighted by Crippen LogP contribution is 2.37. The Balaban J connectivity index is 1.85. The van der Waals surface area contributed by atoms with Crippen LogP contribution < -0.4 is 0 Å². The van der Waals surface area contributed by atoms with Gasteiger partial charge in [0.25, 0.3) is 0 Å². The molecule has 0 amide bonds. The van der Waals surface area contributed by atoms with Gasteiger partial charge in [-0.15, -0.1) is 0 Å². The molecule has 0 saturated heterocycles. The number of hydrogen-bond donors (Lipinski definition) is 0. The number of allylic oxidation sites excluding steroid dienone is 2. The van der Waals surface area contributed by atoms with Crippen LogP contribution in [0.15, 0.2) is 82.0 Å². The molecule has 0 bridgehead atoms. The molecule has 0 fully saturated rings. The van der Waals surface area contributed by atoms with Gasteiger partial charge in [-0.3, -0.25) is 9.98 Å². The minimum Gasteiger partial charge on any atom is -0.253 e. The number of fused-ring (bicyclic) bond motifs is 1. The third kappa shape index (κ3) is 1.66. The number of aliphatic imine (C=N–C) groups is 2. The lowest BCUT2D eigenvalue weighted by Crippen LogP contribution is -1.85. The van der Waals surface area contributed by atoms with E-state index in [1.54, 1.807) is 0 Å². The molecule has 2 aliphatic rings. The maximum atomic E-state index is 4.57. The van der Waals surface area contributed by atoms with Gasteiger partial charge in [0.2, 0.25) is 0 Å². The smallest absolute Gasteiger partial charge is 0.0987 e. The molecule has 94 valence electrons. The van der Waals surface area contributed by atoms with Gasteiger partial charge >= 0.3 is 0 Å². The van der Waals surface area contributed by atoms with Crippen molar-refractivity contribution < 1.29 is 0 Å². The minimum absolute atomic E-state index is 0.982. The monoisotopic (exact) mass is 256 g/mol. The highest BCUT2D eigenvalue weighted by Gasteiger charge is 2.24. The van der Waals surface area contributed by atoms with Crippen molar-refractivity contribution in [1.29, 1.82) is 0 Å². The second kappa shape index (κ2) is 4.42. The maximum Gasteiger partial charge on any atom is 0.0987 e. The zero-order valence-corrected chi connectivity index (χ0v) is 10.8. The zero-order chi connectivity index (χ0) is 13.4. The molecule has 0 radical (unpaired) electrons. The van der Waals surface area contributed by atoms with E-state index >= 15 is 0 Å². The highest BCUT2D eigenvalue weighted by molar-refractivity contribution is 6.23. The van der Waals surface area contributed by atoms with Crippen molar-refractivity contribution in [2.45, 2.75) is 0 Å². The van der Waals surface area contributed by atoms with Gasteiger partial charge in [0.1, 0.15) is 0 Å². The van der Waals surface area contributed by atoms with Crippen LogP contribution >= 0.6 is 0 Å². The van der Waals surface area contributed by atoms with Crippen LogP contribution in [0.5, 0.6) is 0 Å². The molecule has 0 atom stereocenters. The molecule has 0 unspecified atom stereocenters. The van der Waals surface area contributed by atoms with Crippen molar-refractivity contribution in [2.24, 2.45) is 9.98 Å². The molecule has 4 rings (SSSR count). The Labute approximate surface area is 117 Å². The lowest BCUT2D eigenvalue weighted by Gasteiger charge is -2.00. The molecule has 2 heterocycles. The van der Waals surface area contributed by atoms with Gasteiger partial charge in [0.15, 0.2) is 0 Å². The fourth-order valence-electron chi connectivity index (χ4n) is 2.55. The summed E-state index contributed by atoms with van der Waals surface area (Å²) in [5.74, 6) is 0. The van der Waals surface area contributed by atoms with Gasteiger partial charge < -0.3 is 0 Å². The van der Waals surface area contributed by atoms with E-state index in [1.165, 1.54) is 0 Å². The number of hydrogen-bond acceptors (Lipinski definition) is 2. The van der Waals surface area contributed by atoms with Gasteiger partial charge in [-0.05, 0) is 11.1 Å². The summed E-state index contributed by atoms with van der Waals surface area (Å²) >= 11 is 0. The molecular weight excluding hydrogens is 244 g/mol. The van der Waals surface area contributed by atoms with Crippen molar-refractivity contribution in [1.82, 2.24) is 0 Å². The Morgan fingerprint density at radius 3 is 1.30 bits per heavy atom. The normalized spacial score (nSPS) is 16.2. The predicted octanol–water partition coefficient (Wildman–Crippen LogP) is 3.98. The van der Waals surface area contributed by atoms with E-state index in [1.807, 2.05) is 48.8 Å². The first kappa shape index (κ1) is 11.1. The summed E-state index contributed by atoms with van der Waals surface area (Å²) in [6, 6.07) is 20.5. The standard InChI is InChI=1S/C18H12N2/c1-3-7-13(8-4-1)15-11-19-18-16(12-20-17(15)18)14-9-5-2-6-10-14/h1-12H. The summed E-state index contributed by atoms with van der Waals surface area (Å²) in [6.07, 6.45) is 3.83. The number of nitrogens with zero attached hydrogens (tertiary/aromatic N) is 2. The van der Waals surface area contributed by atoms with E-state index < -0.39 is 0 Å². The van der Waals surface area contributed by atoms with Crippen molar-refractivity contribution in [2.75, 3.05) is 0 Å². The van der Waals surface area contributed by atoms with Crippen molar-refractivity contribution in [3.05, 3.63) is 83.2 Å². The molecule has 2 aromatic carbocycles. The lowest BCUT2D eigenvalue weighted by molar-refractivity contribution is 1.33. The van der Waals surface area contributed by atoms with Gasteiger partial charge in [0, 0.05) is 23.6 Å². The Hall–Kier alpha value is -2.74. The minimum atomic E-state index is 0.982. The molecule has 2 heteroatoms. The Morgan fingerprint density at radius 1 is 0.500 bits per heavy atom. The van der Waals surface area contributed by atoms with E-state index in [2.05, 4.69) is 34.3 Å². The molecule has 2 nitrogen and oxygen atoms in total. The van der Waals surface area contributed by atoms with Gasteiger partial charge in [-0.2, -0.15) is 0 Å². The summed E-state index contributed by atoms with van der Waals surface area (Å²) in [4.78, 5) is 9.14. The summed E-state index contributed by atoms with van der Waals surface area (Å²) < 4.78 is 0.